The number of nitrogens with one attached hydrogen (secondary N) is 2. The fraction of sp³-hybridized carbons (Fsp3) is 0.364. The van der Waals surface area contributed by atoms with Gasteiger partial charge in [-0.1, -0.05) is 18.2 Å². The van der Waals surface area contributed by atoms with Crippen LogP contribution in [0.1, 0.15) is 22.8 Å². The number of ether oxygens (including phenoxy) is 2. The molecular weight excluding hydrogens is 370 g/mol. The number of para-hydroxylation sites is 1. The number of carbonyl (C=O) groups is 2. The molecule has 2 N–H and O–H groups in total. The van der Waals surface area contributed by atoms with Gasteiger partial charge in [0.05, 0.1) is 36.9 Å². The molecule has 2 aliphatic rings. The molecule has 7 nitrogen and oxygen atoms in total. The lowest BCUT2D eigenvalue weighted by Gasteiger charge is -2.33. The van der Waals surface area contributed by atoms with E-state index in [0.717, 1.165) is 5.56 Å². The molecule has 2 heterocycles. The van der Waals surface area contributed by atoms with Crippen LogP contribution in [0.5, 0.6) is 11.5 Å². The van der Waals surface area contributed by atoms with Crippen molar-refractivity contribution in [2.24, 2.45) is 5.92 Å². The summed E-state index contributed by atoms with van der Waals surface area (Å²) in [4.78, 5) is 28.0. The Hall–Kier alpha value is -3.06. The highest BCUT2D eigenvalue weighted by Crippen LogP contribution is 2.34. The minimum Gasteiger partial charge on any atom is -0.493 e. The van der Waals surface area contributed by atoms with E-state index in [2.05, 4.69) is 15.5 Å². The second kappa shape index (κ2) is 7.40. The maximum absolute atomic E-state index is 13.0. The van der Waals surface area contributed by atoms with Crippen LogP contribution in [0.4, 0.5) is 5.69 Å². The first kappa shape index (κ1) is 19.3. The molecule has 2 atom stereocenters. The van der Waals surface area contributed by atoms with Crippen LogP contribution in [-0.4, -0.2) is 49.6 Å². The Labute approximate surface area is 170 Å². The van der Waals surface area contributed by atoms with Crippen LogP contribution in [0.2, 0.25) is 0 Å². The standard InChI is InChI=1S/C22H25N3O4/c1-22-13-25(11-14-8-9-18(28-2)19(10-14)29-3)12-16(22)21(27)23-17-7-5-4-6-15(17)20(26)24-22/h4-10,16H,11-13H2,1-3H3,(H,23,27)(H,24,26)/t16-,22-/m0/s1. The first-order chi connectivity index (χ1) is 13.9. The van der Waals surface area contributed by atoms with Crippen molar-refractivity contribution in [1.29, 1.82) is 0 Å². The number of hydrogen-bond acceptors (Lipinski definition) is 5. The number of carbonyl (C=O) groups excluding carboxylic acids is 2. The molecule has 2 aromatic carbocycles. The normalized spacial score (nSPS) is 23.9. The molecule has 1 saturated heterocycles. The summed E-state index contributed by atoms with van der Waals surface area (Å²) in [5.74, 6) is 0.759. The van der Waals surface area contributed by atoms with Crippen LogP contribution in [0, 0.1) is 5.92 Å². The third kappa shape index (κ3) is 3.53. The van der Waals surface area contributed by atoms with Crippen LogP contribution in [0.3, 0.4) is 0 Å². The van der Waals surface area contributed by atoms with E-state index >= 15 is 0 Å². The summed E-state index contributed by atoms with van der Waals surface area (Å²) in [6, 6.07) is 12.9. The highest BCUT2D eigenvalue weighted by Gasteiger charge is 2.49. The average molecular weight is 395 g/mol. The summed E-state index contributed by atoms with van der Waals surface area (Å²) in [6.45, 7) is 3.71. The Balaban J connectivity index is 1.57. The topological polar surface area (TPSA) is 79.9 Å². The lowest BCUT2D eigenvalue weighted by atomic mass is 9.86. The van der Waals surface area contributed by atoms with E-state index in [1.165, 1.54) is 0 Å². The van der Waals surface area contributed by atoms with E-state index in [4.69, 9.17) is 9.47 Å². The average Bonchev–Trinajstić information content (AvgIpc) is 3.02. The number of fused-ring (bicyclic) bond motifs is 2. The molecule has 152 valence electrons. The van der Waals surface area contributed by atoms with Crippen molar-refractivity contribution in [3.8, 4) is 11.5 Å². The number of hydrogen-bond donors (Lipinski definition) is 2. The van der Waals surface area contributed by atoms with E-state index in [1.807, 2.05) is 31.2 Å². The summed E-state index contributed by atoms with van der Waals surface area (Å²) in [5, 5.41) is 6.06. The van der Waals surface area contributed by atoms with Gasteiger partial charge in [0.15, 0.2) is 11.5 Å². The molecule has 0 unspecified atom stereocenters. The molecule has 0 aromatic heterocycles. The minimum absolute atomic E-state index is 0.0743. The Morgan fingerprint density at radius 1 is 1.10 bits per heavy atom. The lowest BCUT2D eigenvalue weighted by molar-refractivity contribution is -0.121. The molecule has 1 fully saturated rings. The van der Waals surface area contributed by atoms with Gasteiger partial charge in [-0.3, -0.25) is 14.5 Å². The van der Waals surface area contributed by atoms with Gasteiger partial charge in [-0.25, -0.2) is 0 Å². The van der Waals surface area contributed by atoms with E-state index in [0.29, 0.717) is 42.4 Å². The summed E-state index contributed by atoms with van der Waals surface area (Å²) < 4.78 is 10.7. The smallest absolute Gasteiger partial charge is 0.253 e. The van der Waals surface area contributed by atoms with E-state index < -0.39 is 5.54 Å². The molecule has 4 rings (SSSR count). The third-order valence-electron chi connectivity index (χ3n) is 5.76. The van der Waals surface area contributed by atoms with Gasteiger partial charge in [0.1, 0.15) is 0 Å². The zero-order chi connectivity index (χ0) is 20.6. The van der Waals surface area contributed by atoms with Gasteiger partial charge in [0, 0.05) is 19.6 Å². The van der Waals surface area contributed by atoms with Crippen molar-refractivity contribution in [2.75, 3.05) is 32.6 Å². The zero-order valence-corrected chi connectivity index (χ0v) is 16.8. The van der Waals surface area contributed by atoms with Crippen LogP contribution < -0.4 is 20.1 Å². The molecule has 0 bridgehead atoms. The first-order valence-electron chi connectivity index (χ1n) is 9.59. The molecule has 29 heavy (non-hydrogen) atoms. The van der Waals surface area contributed by atoms with Crippen molar-refractivity contribution in [2.45, 2.75) is 19.0 Å². The van der Waals surface area contributed by atoms with Crippen molar-refractivity contribution in [3.05, 3.63) is 53.6 Å². The van der Waals surface area contributed by atoms with Gasteiger partial charge < -0.3 is 20.1 Å². The van der Waals surface area contributed by atoms with Gasteiger partial charge in [-0.15, -0.1) is 0 Å². The van der Waals surface area contributed by atoms with Gasteiger partial charge in [-0.2, -0.15) is 0 Å². The van der Waals surface area contributed by atoms with Crippen molar-refractivity contribution < 1.29 is 19.1 Å². The molecule has 0 saturated carbocycles. The number of anilines is 1. The quantitative estimate of drug-likeness (QED) is 0.830. The third-order valence-corrected chi connectivity index (χ3v) is 5.76. The number of rotatable bonds is 4. The van der Waals surface area contributed by atoms with Gasteiger partial charge in [0.2, 0.25) is 5.91 Å². The second-order valence-corrected chi connectivity index (χ2v) is 7.82. The highest BCUT2D eigenvalue weighted by atomic mass is 16.5. The molecule has 2 aromatic rings. The number of benzene rings is 2. The SMILES string of the molecule is COc1ccc(CN2C[C@H]3C(=O)Nc4ccccc4C(=O)N[C@@]3(C)C2)cc1OC. The molecule has 2 aliphatic heterocycles. The van der Waals surface area contributed by atoms with Crippen LogP contribution in [-0.2, 0) is 11.3 Å². The number of amides is 2. The number of nitrogens with zero attached hydrogens (tertiary/aromatic N) is 1. The lowest BCUT2D eigenvalue weighted by Crippen LogP contribution is -2.56. The summed E-state index contributed by atoms with van der Waals surface area (Å²) in [6.07, 6.45) is 0. The van der Waals surface area contributed by atoms with Crippen LogP contribution in [0.15, 0.2) is 42.5 Å². The Morgan fingerprint density at radius 2 is 1.86 bits per heavy atom. The summed E-state index contributed by atoms with van der Waals surface area (Å²) in [7, 11) is 3.21. The molecular formula is C22H25N3O4. The molecule has 2 amide bonds. The maximum Gasteiger partial charge on any atom is 0.253 e. The largest absolute Gasteiger partial charge is 0.493 e. The summed E-state index contributed by atoms with van der Waals surface area (Å²) in [5.41, 5.74) is 1.44. The van der Waals surface area contributed by atoms with Gasteiger partial charge in [0.25, 0.3) is 5.91 Å². The first-order valence-corrected chi connectivity index (χ1v) is 9.59. The number of methoxy groups -OCH3 is 2. The predicted octanol–water partition coefficient (Wildman–Crippen LogP) is 2.28. The van der Waals surface area contributed by atoms with Crippen molar-refractivity contribution >= 4 is 17.5 Å². The second-order valence-electron chi connectivity index (χ2n) is 7.82. The van der Waals surface area contributed by atoms with Gasteiger partial charge in [-0.05, 0) is 36.8 Å². The number of likely N-dealkylation sites (tertiary alicyclic amines) is 1. The Kier molecular flexibility index (Phi) is 4.92. The fourth-order valence-electron chi connectivity index (χ4n) is 4.29. The summed E-state index contributed by atoms with van der Waals surface area (Å²) >= 11 is 0. The fourth-order valence-corrected chi connectivity index (χ4v) is 4.29. The monoisotopic (exact) mass is 395 g/mol. The highest BCUT2D eigenvalue weighted by molar-refractivity contribution is 6.06. The van der Waals surface area contributed by atoms with E-state index in [1.54, 1.807) is 32.4 Å². The van der Waals surface area contributed by atoms with E-state index in [9.17, 15) is 9.59 Å². The molecule has 0 radical (unpaired) electrons. The Morgan fingerprint density at radius 3 is 2.62 bits per heavy atom. The molecule has 7 heteroatoms. The van der Waals surface area contributed by atoms with Crippen molar-refractivity contribution in [3.63, 3.8) is 0 Å². The van der Waals surface area contributed by atoms with Crippen LogP contribution in [0.25, 0.3) is 0 Å². The van der Waals surface area contributed by atoms with Crippen LogP contribution >= 0.6 is 0 Å². The predicted molar refractivity (Wildman–Crippen MR) is 109 cm³/mol. The molecule has 0 spiro atoms. The zero-order valence-electron chi connectivity index (χ0n) is 16.8. The molecule has 0 aliphatic carbocycles. The minimum atomic E-state index is -0.648. The van der Waals surface area contributed by atoms with Crippen molar-refractivity contribution in [1.82, 2.24) is 10.2 Å². The Bertz CT molecular complexity index is 961. The van der Waals surface area contributed by atoms with Gasteiger partial charge >= 0.3 is 0 Å². The maximum atomic E-state index is 13.0. The van der Waals surface area contributed by atoms with E-state index in [-0.39, 0.29) is 17.7 Å².